The Morgan fingerprint density at radius 2 is 1.65 bits per heavy atom. The molecular formula is C18H21NO. The Hall–Kier alpha value is -2.09. The van der Waals surface area contributed by atoms with Crippen molar-refractivity contribution in [2.75, 3.05) is 11.9 Å². The molecule has 2 aromatic rings. The van der Waals surface area contributed by atoms with Gasteiger partial charge in [-0.1, -0.05) is 42.5 Å². The molecule has 0 aliphatic rings. The lowest BCUT2D eigenvalue weighted by Crippen LogP contribution is -2.26. The van der Waals surface area contributed by atoms with E-state index < -0.39 is 0 Å². The Morgan fingerprint density at radius 3 is 2.25 bits per heavy atom. The lowest BCUT2D eigenvalue weighted by molar-refractivity contribution is -0.117. The Kier molecular flexibility index (Phi) is 4.57. The fraction of sp³-hybridized carbons (Fsp3) is 0.278. The number of ketones is 1. The minimum Gasteiger partial charge on any atom is -0.367 e. The van der Waals surface area contributed by atoms with E-state index in [0.717, 1.165) is 5.69 Å². The summed E-state index contributed by atoms with van der Waals surface area (Å²) < 4.78 is 0. The van der Waals surface area contributed by atoms with Gasteiger partial charge in [0.2, 0.25) is 0 Å². The Morgan fingerprint density at radius 1 is 1.05 bits per heavy atom. The third-order valence-corrected chi connectivity index (χ3v) is 3.66. The number of anilines is 1. The molecule has 104 valence electrons. The van der Waals surface area contributed by atoms with Gasteiger partial charge in [-0.3, -0.25) is 4.79 Å². The predicted octanol–water partition coefficient (Wildman–Crippen LogP) is 4.15. The van der Waals surface area contributed by atoms with Gasteiger partial charge in [-0.15, -0.1) is 0 Å². The van der Waals surface area contributed by atoms with E-state index in [-0.39, 0.29) is 11.8 Å². The fourth-order valence-corrected chi connectivity index (χ4v) is 2.53. The summed E-state index contributed by atoms with van der Waals surface area (Å²) in [5.74, 6) is 0.209. The summed E-state index contributed by atoms with van der Waals surface area (Å²) in [6.07, 6.45) is 0.524. The first-order valence-electron chi connectivity index (χ1n) is 6.92. The normalized spacial score (nSPS) is 11.9. The molecular weight excluding hydrogens is 246 g/mol. The minimum atomic E-state index is 0.0797. The highest BCUT2D eigenvalue weighted by Gasteiger charge is 2.20. The zero-order chi connectivity index (χ0) is 14.5. The first-order valence-corrected chi connectivity index (χ1v) is 6.92. The second-order valence-corrected chi connectivity index (χ2v) is 5.22. The molecule has 0 saturated carbocycles. The number of nitrogens with zero attached hydrogens (tertiary/aromatic N) is 1. The molecule has 2 rings (SSSR count). The third-order valence-electron chi connectivity index (χ3n) is 3.66. The van der Waals surface area contributed by atoms with Gasteiger partial charge >= 0.3 is 0 Å². The highest BCUT2D eigenvalue weighted by molar-refractivity contribution is 5.77. The van der Waals surface area contributed by atoms with E-state index in [0.29, 0.717) is 6.42 Å². The van der Waals surface area contributed by atoms with E-state index in [1.807, 2.05) is 30.3 Å². The lowest BCUT2D eigenvalue weighted by Gasteiger charge is -2.31. The summed E-state index contributed by atoms with van der Waals surface area (Å²) in [7, 11) is 2.05. The van der Waals surface area contributed by atoms with Crippen molar-refractivity contribution >= 4 is 11.5 Å². The summed E-state index contributed by atoms with van der Waals surface area (Å²) in [5.41, 5.74) is 3.57. The Bertz CT molecular complexity index is 577. The topological polar surface area (TPSA) is 20.3 Å². The number of hydrogen-bond donors (Lipinski definition) is 0. The minimum absolute atomic E-state index is 0.0797. The number of para-hydroxylation sites is 1. The fourth-order valence-electron chi connectivity index (χ4n) is 2.53. The van der Waals surface area contributed by atoms with E-state index in [9.17, 15) is 4.79 Å². The molecule has 0 amide bonds. The van der Waals surface area contributed by atoms with Crippen molar-refractivity contribution in [2.24, 2.45) is 0 Å². The van der Waals surface area contributed by atoms with Gasteiger partial charge in [0.05, 0.1) is 6.04 Å². The zero-order valence-electron chi connectivity index (χ0n) is 12.3. The van der Waals surface area contributed by atoms with Crippen LogP contribution in [0.15, 0.2) is 54.6 Å². The van der Waals surface area contributed by atoms with E-state index in [1.165, 1.54) is 11.1 Å². The first-order chi connectivity index (χ1) is 9.59. The average molecular weight is 267 g/mol. The number of rotatable bonds is 5. The Balaban J connectivity index is 2.38. The van der Waals surface area contributed by atoms with E-state index >= 15 is 0 Å². The predicted molar refractivity (Wildman–Crippen MR) is 84.1 cm³/mol. The van der Waals surface area contributed by atoms with Crippen LogP contribution in [0.4, 0.5) is 5.69 Å². The molecule has 0 saturated heterocycles. The standard InChI is InChI=1S/C18H21NO/c1-14-9-7-8-12-17(14)18(13-15(2)20)19(3)16-10-5-4-6-11-16/h4-12,18H,13H2,1-3H3. The van der Waals surface area contributed by atoms with Gasteiger partial charge in [0, 0.05) is 19.2 Å². The molecule has 2 aromatic carbocycles. The average Bonchev–Trinajstić information content (AvgIpc) is 2.46. The van der Waals surface area contributed by atoms with E-state index in [4.69, 9.17) is 0 Å². The van der Waals surface area contributed by atoms with Gasteiger partial charge in [-0.2, -0.15) is 0 Å². The molecule has 0 N–H and O–H groups in total. The first kappa shape index (κ1) is 14.3. The molecule has 2 nitrogen and oxygen atoms in total. The maximum Gasteiger partial charge on any atom is 0.132 e. The van der Waals surface area contributed by atoms with Gasteiger partial charge in [0.1, 0.15) is 5.78 Å². The molecule has 0 aliphatic carbocycles. The van der Waals surface area contributed by atoms with Gasteiger partial charge in [0.25, 0.3) is 0 Å². The van der Waals surface area contributed by atoms with Crippen LogP contribution in [-0.4, -0.2) is 12.8 Å². The molecule has 0 spiro atoms. The van der Waals surface area contributed by atoms with Crippen LogP contribution < -0.4 is 4.90 Å². The van der Waals surface area contributed by atoms with Crippen molar-refractivity contribution in [3.8, 4) is 0 Å². The van der Waals surface area contributed by atoms with Gasteiger partial charge in [0.15, 0.2) is 0 Å². The monoisotopic (exact) mass is 267 g/mol. The van der Waals surface area contributed by atoms with Crippen LogP contribution in [0.2, 0.25) is 0 Å². The van der Waals surface area contributed by atoms with Crippen LogP contribution in [0.1, 0.15) is 30.5 Å². The summed E-state index contributed by atoms with van der Waals surface area (Å²) in [6, 6.07) is 18.6. The van der Waals surface area contributed by atoms with Crippen LogP contribution in [0.3, 0.4) is 0 Å². The third kappa shape index (κ3) is 3.27. The molecule has 0 fully saturated rings. The molecule has 0 aliphatic heterocycles. The van der Waals surface area contributed by atoms with Crippen molar-refractivity contribution < 1.29 is 4.79 Å². The van der Waals surface area contributed by atoms with Crippen molar-refractivity contribution in [2.45, 2.75) is 26.3 Å². The summed E-state index contributed by atoms with van der Waals surface area (Å²) >= 11 is 0. The molecule has 1 atom stereocenters. The van der Waals surface area contributed by atoms with Crippen LogP contribution in [0, 0.1) is 6.92 Å². The van der Waals surface area contributed by atoms with Gasteiger partial charge < -0.3 is 4.90 Å². The molecule has 1 unspecified atom stereocenters. The summed E-state index contributed by atoms with van der Waals surface area (Å²) in [4.78, 5) is 13.8. The van der Waals surface area contributed by atoms with Crippen molar-refractivity contribution in [3.63, 3.8) is 0 Å². The zero-order valence-corrected chi connectivity index (χ0v) is 12.3. The van der Waals surface area contributed by atoms with Crippen LogP contribution in [0.5, 0.6) is 0 Å². The summed E-state index contributed by atoms with van der Waals surface area (Å²) in [6.45, 7) is 3.76. The van der Waals surface area contributed by atoms with Crippen molar-refractivity contribution in [3.05, 3.63) is 65.7 Å². The number of hydrogen-bond acceptors (Lipinski definition) is 2. The molecule has 0 bridgehead atoms. The van der Waals surface area contributed by atoms with Crippen LogP contribution >= 0.6 is 0 Å². The number of carbonyl (C=O) groups excluding carboxylic acids is 1. The van der Waals surface area contributed by atoms with E-state index in [1.54, 1.807) is 6.92 Å². The maximum absolute atomic E-state index is 11.6. The van der Waals surface area contributed by atoms with Crippen LogP contribution in [-0.2, 0) is 4.79 Å². The second-order valence-electron chi connectivity index (χ2n) is 5.22. The summed E-state index contributed by atoms with van der Waals surface area (Å²) in [5, 5.41) is 0. The smallest absolute Gasteiger partial charge is 0.132 e. The number of aryl methyl sites for hydroxylation is 1. The Labute approximate surface area is 121 Å². The second kappa shape index (κ2) is 6.38. The molecule has 0 radical (unpaired) electrons. The lowest BCUT2D eigenvalue weighted by atomic mass is 9.96. The highest BCUT2D eigenvalue weighted by atomic mass is 16.1. The maximum atomic E-state index is 11.6. The van der Waals surface area contributed by atoms with Crippen molar-refractivity contribution in [1.82, 2.24) is 0 Å². The van der Waals surface area contributed by atoms with Gasteiger partial charge in [-0.05, 0) is 37.1 Å². The SMILES string of the molecule is CC(=O)CC(c1ccccc1C)N(C)c1ccccc1. The molecule has 0 heterocycles. The van der Waals surface area contributed by atoms with E-state index in [2.05, 4.69) is 43.1 Å². The molecule has 2 heteroatoms. The van der Waals surface area contributed by atoms with Crippen molar-refractivity contribution in [1.29, 1.82) is 0 Å². The van der Waals surface area contributed by atoms with Gasteiger partial charge in [-0.25, -0.2) is 0 Å². The molecule has 20 heavy (non-hydrogen) atoms. The number of carbonyl (C=O) groups is 1. The largest absolute Gasteiger partial charge is 0.367 e. The highest BCUT2D eigenvalue weighted by Crippen LogP contribution is 2.30. The number of benzene rings is 2. The number of Topliss-reactive ketones (excluding diaryl/α,β-unsaturated/α-hetero) is 1. The molecule has 0 aromatic heterocycles. The quantitative estimate of drug-likeness (QED) is 0.811. The van der Waals surface area contributed by atoms with Crippen LogP contribution in [0.25, 0.3) is 0 Å².